The van der Waals surface area contributed by atoms with Gasteiger partial charge in [0.15, 0.2) is 11.6 Å². The maximum Gasteiger partial charge on any atom is 0.321 e. The Morgan fingerprint density at radius 1 is 1.53 bits per heavy atom. The summed E-state index contributed by atoms with van der Waals surface area (Å²) in [6.45, 7) is 3.37. The SMILES string of the molecule is COc1ccc(NC(=O)N(C)CC(C)(C)O)cc1F. The highest BCUT2D eigenvalue weighted by molar-refractivity contribution is 5.89. The summed E-state index contributed by atoms with van der Waals surface area (Å²) in [5, 5.41) is 12.2. The number of methoxy groups -OCH3 is 1. The first-order chi connectivity index (χ1) is 8.73. The maximum absolute atomic E-state index is 13.4. The molecule has 0 bridgehead atoms. The highest BCUT2D eigenvalue weighted by Gasteiger charge is 2.19. The maximum atomic E-state index is 13.4. The Morgan fingerprint density at radius 2 is 2.16 bits per heavy atom. The molecule has 0 spiro atoms. The van der Waals surface area contributed by atoms with Gasteiger partial charge in [-0.2, -0.15) is 0 Å². The summed E-state index contributed by atoms with van der Waals surface area (Å²) in [5.41, 5.74) is -0.664. The zero-order valence-corrected chi connectivity index (χ0v) is 11.5. The van der Waals surface area contributed by atoms with Gasteiger partial charge in [-0.25, -0.2) is 9.18 Å². The molecule has 1 aromatic rings. The summed E-state index contributed by atoms with van der Waals surface area (Å²) < 4.78 is 18.2. The number of hydrogen-bond donors (Lipinski definition) is 2. The van der Waals surface area contributed by atoms with Gasteiger partial charge in [-0.15, -0.1) is 0 Å². The van der Waals surface area contributed by atoms with E-state index < -0.39 is 17.4 Å². The van der Waals surface area contributed by atoms with Crippen LogP contribution in [-0.2, 0) is 0 Å². The zero-order valence-electron chi connectivity index (χ0n) is 11.5. The fourth-order valence-corrected chi connectivity index (χ4v) is 1.62. The van der Waals surface area contributed by atoms with Gasteiger partial charge >= 0.3 is 6.03 Å². The number of hydrogen-bond acceptors (Lipinski definition) is 3. The second kappa shape index (κ2) is 5.88. The minimum Gasteiger partial charge on any atom is -0.494 e. The van der Waals surface area contributed by atoms with Crippen LogP contribution < -0.4 is 10.1 Å². The van der Waals surface area contributed by atoms with Gasteiger partial charge in [0.25, 0.3) is 0 Å². The van der Waals surface area contributed by atoms with Crippen LogP contribution in [0.25, 0.3) is 0 Å². The summed E-state index contributed by atoms with van der Waals surface area (Å²) >= 11 is 0. The van der Waals surface area contributed by atoms with Crippen molar-refractivity contribution in [3.63, 3.8) is 0 Å². The van der Waals surface area contributed by atoms with Gasteiger partial charge in [0.1, 0.15) is 0 Å². The average Bonchev–Trinajstić information content (AvgIpc) is 2.27. The van der Waals surface area contributed by atoms with Crippen LogP contribution in [-0.4, -0.2) is 42.3 Å². The first-order valence-electron chi connectivity index (χ1n) is 5.81. The molecule has 19 heavy (non-hydrogen) atoms. The van der Waals surface area contributed by atoms with Crippen LogP contribution in [0.2, 0.25) is 0 Å². The van der Waals surface area contributed by atoms with E-state index in [9.17, 15) is 14.3 Å². The van der Waals surface area contributed by atoms with Crippen LogP contribution in [0.15, 0.2) is 18.2 Å². The molecule has 0 aliphatic carbocycles. The number of ether oxygens (including phenoxy) is 1. The Balaban J connectivity index is 2.69. The van der Waals surface area contributed by atoms with E-state index in [0.29, 0.717) is 5.69 Å². The molecule has 0 aromatic heterocycles. The molecule has 2 amide bonds. The quantitative estimate of drug-likeness (QED) is 0.880. The van der Waals surface area contributed by atoms with E-state index in [1.165, 1.54) is 30.2 Å². The van der Waals surface area contributed by atoms with E-state index in [1.54, 1.807) is 20.9 Å². The molecule has 0 saturated carbocycles. The van der Waals surface area contributed by atoms with Gasteiger partial charge in [0.05, 0.1) is 19.3 Å². The third kappa shape index (κ3) is 4.75. The van der Waals surface area contributed by atoms with Crippen LogP contribution in [0.1, 0.15) is 13.8 Å². The first-order valence-corrected chi connectivity index (χ1v) is 5.81. The number of halogens is 1. The van der Waals surface area contributed by atoms with Crippen molar-refractivity contribution in [2.24, 2.45) is 0 Å². The smallest absolute Gasteiger partial charge is 0.321 e. The van der Waals surface area contributed by atoms with Crippen molar-refractivity contribution in [3.8, 4) is 5.75 Å². The van der Waals surface area contributed by atoms with Crippen LogP contribution >= 0.6 is 0 Å². The van der Waals surface area contributed by atoms with Crippen LogP contribution in [0.3, 0.4) is 0 Å². The molecule has 0 aliphatic heterocycles. The van der Waals surface area contributed by atoms with Crippen molar-refractivity contribution in [1.29, 1.82) is 0 Å². The van der Waals surface area contributed by atoms with E-state index in [0.717, 1.165) is 0 Å². The third-order valence-corrected chi connectivity index (χ3v) is 2.37. The van der Waals surface area contributed by atoms with E-state index in [-0.39, 0.29) is 12.3 Å². The van der Waals surface area contributed by atoms with Crippen molar-refractivity contribution < 1.29 is 19.0 Å². The second-order valence-corrected chi connectivity index (χ2v) is 4.95. The summed E-state index contributed by atoms with van der Waals surface area (Å²) in [6, 6.07) is 3.72. The number of aliphatic hydroxyl groups is 1. The third-order valence-electron chi connectivity index (χ3n) is 2.37. The number of carbonyl (C=O) groups excluding carboxylic acids is 1. The predicted molar refractivity (Wildman–Crippen MR) is 70.9 cm³/mol. The monoisotopic (exact) mass is 270 g/mol. The molecule has 1 rings (SSSR count). The van der Waals surface area contributed by atoms with E-state index in [1.807, 2.05) is 0 Å². The van der Waals surface area contributed by atoms with Crippen LogP contribution in [0.5, 0.6) is 5.75 Å². The van der Waals surface area contributed by atoms with Gasteiger partial charge in [0.2, 0.25) is 0 Å². The number of nitrogens with one attached hydrogen (secondary N) is 1. The fraction of sp³-hybridized carbons (Fsp3) is 0.462. The molecule has 5 nitrogen and oxygen atoms in total. The molecule has 0 radical (unpaired) electrons. The number of benzene rings is 1. The van der Waals surface area contributed by atoms with Crippen molar-refractivity contribution in [2.45, 2.75) is 19.4 Å². The molecule has 0 fully saturated rings. The van der Waals surface area contributed by atoms with Gasteiger partial charge in [-0.05, 0) is 26.0 Å². The number of amides is 2. The largest absolute Gasteiger partial charge is 0.494 e. The first kappa shape index (κ1) is 15.2. The molecular formula is C13H19FN2O3. The Morgan fingerprint density at radius 3 is 2.63 bits per heavy atom. The second-order valence-electron chi connectivity index (χ2n) is 4.95. The minimum absolute atomic E-state index is 0.114. The Bertz CT molecular complexity index is 458. The Kier molecular flexibility index (Phi) is 4.72. The standard InChI is InChI=1S/C13H19FN2O3/c1-13(2,18)8-16(3)12(17)15-9-5-6-11(19-4)10(14)7-9/h5-7,18H,8H2,1-4H3,(H,15,17). The predicted octanol–water partition coefficient (Wildman–Crippen LogP) is 2.07. The minimum atomic E-state index is -0.989. The molecular weight excluding hydrogens is 251 g/mol. The summed E-state index contributed by atoms with van der Waals surface area (Å²) in [6.07, 6.45) is 0. The van der Waals surface area contributed by atoms with E-state index in [2.05, 4.69) is 5.32 Å². The van der Waals surface area contributed by atoms with Crippen molar-refractivity contribution in [1.82, 2.24) is 4.90 Å². The lowest BCUT2D eigenvalue weighted by atomic mass is 10.1. The fourth-order valence-electron chi connectivity index (χ4n) is 1.62. The molecule has 0 aliphatic rings. The number of nitrogens with zero attached hydrogens (tertiary/aromatic N) is 1. The van der Waals surface area contributed by atoms with Crippen LogP contribution in [0.4, 0.5) is 14.9 Å². The number of rotatable bonds is 4. The van der Waals surface area contributed by atoms with E-state index >= 15 is 0 Å². The van der Waals surface area contributed by atoms with E-state index in [4.69, 9.17) is 4.74 Å². The number of anilines is 1. The molecule has 2 N–H and O–H groups in total. The Labute approximate surface area is 112 Å². The molecule has 0 saturated heterocycles. The topological polar surface area (TPSA) is 61.8 Å². The summed E-state index contributed by atoms with van der Waals surface area (Å²) in [4.78, 5) is 13.1. The zero-order chi connectivity index (χ0) is 14.6. The normalized spacial score (nSPS) is 11.1. The molecule has 1 aromatic carbocycles. The van der Waals surface area contributed by atoms with Gasteiger partial charge < -0.3 is 20.1 Å². The van der Waals surface area contributed by atoms with Crippen LogP contribution in [0, 0.1) is 5.82 Å². The number of carbonyl (C=O) groups is 1. The Hall–Kier alpha value is -1.82. The lowest BCUT2D eigenvalue weighted by Crippen LogP contribution is -2.41. The summed E-state index contributed by atoms with van der Waals surface area (Å²) in [7, 11) is 2.92. The summed E-state index contributed by atoms with van der Waals surface area (Å²) in [5.74, 6) is -0.437. The highest BCUT2D eigenvalue weighted by Crippen LogP contribution is 2.20. The average molecular weight is 270 g/mol. The molecule has 0 unspecified atom stereocenters. The van der Waals surface area contributed by atoms with Crippen molar-refractivity contribution >= 4 is 11.7 Å². The molecule has 0 heterocycles. The lowest BCUT2D eigenvalue weighted by molar-refractivity contribution is 0.0550. The number of urea groups is 1. The molecule has 0 atom stereocenters. The highest BCUT2D eigenvalue weighted by atomic mass is 19.1. The van der Waals surface area contributed by atoms with Crippen molar-refractivity contribution in [3.05, 3.63) is 24.0 Å². The molecule has 6 heteroatoms. The van der Waals surface area contributed by atoms with Gasteiger partial charge in [0, 0.05) is 18.8 Å². The van der Waals surface area contributed by atoms with Crippen molar-refractivity contribution in [2.75, 3.05) is 26.0 Å². The molecule has 106 valence electrons. The van der Waals surface area contributed by atoms with Gasteiger partial charge in [-0.3, -0.25) is 0 Å². The number of likely N-dealkylation sites (N-methyl/N-ethyl adjacent to an activating group) is 1. The van der Waals surface area contributed by atoms with Gasteiger partial charge in [-0.1, -0.05) is 0 Å². The lowest BCUT2D eigenvalue weighted by Gasteiger charge is -2.25.